The van der Waals surface area contributed by atoms with Crippen LogP contribution in [0.5, 0.6) is 5.88 Å². The van der Waals surface area contributed by atoms with Crippen LogP contribution in [0.3, 0.4) is 0 Å². The summed E-state index contributed by atoms with van der Waals surface area (Å²) < 4.78 is 6.90. The molecule has 23 heavy (non-hydrogen) atoms. The van der Waals surface area contributed by atoms with Crippen molar-refractivity contribution < 1.29 is 4.74 Å². The molecule has 0 atom stereocenters. The van der Waals surface area contributed by atoms with E-state index in [0.717, 1.165) is 26.8 Å². The average molecular weight is 324 g/mol. The first-order chi connectivity index (χ1) is 11.3. The largest absolute Gasteiger partial charge is 0.480 e. The Hall–Kier alpha value is -3.00. The fraction of sp³-hybridized carbons (Fsp3) is 0.0667. The van der Waals surface area contributed by atoms with E-state index in [1.807, 2.05) is 16.6 Å². The highest BCUT2D eigenvalue weighted by Gasteiger charge is 2.14. The first-order valence-corrected chi connectivity index (χ1v) is 7.63. The van der Waals surface area contributed by atoms with Crippen molar-refractivity contribution in [2.24, 2.45) is 0 Å². The van der Waals surface area contributed by atoms with Crippen molar-refractivity contribution in [1.29, 1.82) is 0 Å². The predicted molar refractivity (Wildman–Crippen MR) is 88.3 cm³/mol. The number of nitrogen functional groups attached to an aromatic ring is 1. The lowest BCUT2D eigenvalue weighted by Gasteiger charge is -2.03. The molecule has 7 nitrogen and oxygen atoms in total. The number of pyridine rings is 2. The molecule has 4 heterocycles. The van der Waals surface area contributed by atoms with Crippen molar-refractivity contribution in [3.63, 3.8) is 0 Å². The van der Waals surface area contributed by atoms with E-state index in [1.54, 1.807) is 30.9 Å². The molecule has 114 valence electrons. The van der Waals surface area contributed by atoms with Gasteiger partial charge < -0.3 is 10.5 Å². The topological polar surface area (TPSA) is 91.2 Å². The van der Waals surface area contributed by atoms with Gasteiger partial charge in [-0.3, -0.25) is 4.98 Å². The van der Waals surface area contributed by atoms with Gasteiger partial charge in [-0.2, -0.15) is 5.10 Å². The van der Waals surface area contributed by atoms with Crippen molar-refractivity contribution in [3.05, 3.63) is 43.0 Å². The highest BCUT2D eigenvalue weighted by atomic mass is 32.1. The Labute approximate surface area is 135 Å². The van der Waals surface area contributed by atoms with Gasteiger partial charge in [0, 0.05) is 29.7 Å². The van der Waals surface area contributed by atoms with Crippen LogP contribution in [0.1, 0.15) is 0 Å². The summed E-state index contributed by atoms with van der Waals surface area (Å²) in [4.78, 5) is 13.4. The summed E-state index contributed by atoms with van der Waals surface area (Å²) in [6.07, 6.45) is 6.99. The van der Waals surface area contributed by atoms with Crippen LogP contribution >= 0.6 is 11.3 Å². The normalized spacial score (nSPS) is 11.0. The van der Waals surface area contributed by atoms with Crippen molar-refractivity contribution in [3.8, 4) is 27.7 Å². The van der Waals surface area contributed by atoms with E-state index in [4.69, 9.17) is 10.5 Å². The number of rotatable bonds is 3. The lowest BCUT2D eigenvalue weighted by molar-refractivity contribution is 0.400. The van der Waals surface area contributed by atoms with Crippen molar-refractivity contribution in [2.75, 3.05) is 12.8 Å². The molecule has 0 unspecified atom stereocenters. The van der Waals surface area contributed by atoms with Gasteiger partial charge in [0.05, 0.1) is 24.7 Å². The number of imidazole rings is 1. The fourth-order valence-corrected chi connectivity index (χ4v) is 3.14. The Morgan fingerprint density at radius 1 is 1.13 bits per heavy atom. The number of nitrogens with zero attached hydrogens (tertiary/aromatic N) is 5. The van der Waals surface area contributed by atoms with Crippen LogP contribution in [0.15, 0.2) is 43.0 Å². The van der Waals surface area contributed by atoms with Gasteiger partial charge in [0.15, 0.2) is 0 Å². The number of ether oxygens (including phenoxy) is 1. The second kappa shape index (κ2) is 5.33. The molecule has 0 aliphatic heterocycles. The molecule has 4 rings (SSSR count). The summed E-state index contributed by atoms with van der Waals surface area (Å²) in [6.45, 7) is 0. The first kappa shape index (κ1) is 13.6. The number of nitrogens with two attached hydrogens (primary N) is 1. The maximum atomic E-state index is 5.92. The van der Waals surface area contributed by atoms with Gasteiger partial charge in [-0.15, -0.1) is 0 Å². The SMILES string of the molecule is COc1ncc(-c2nn3c(-c4ccncc4)cnc3s2)cc1N. The van der Waals surface area contributed by atoms with Gasteiger partial charge in [-0.25, -0.2) is 14.5 Å². The third-order valence-corrected chi connectivity index (χ3v) is 4.35. The summed E-state index contributed by atoms with van der Waals surface area (Å²) in [5.41, 5.74) is 9.16. The first-order valence-electron chi connectivity index (χ1n) is 6.81. The van der Waals surface area contributed by atoms with Gasteiger partial charge in [-0.1, -0.05) is 11.3 Å². The smallest absolute Gasteiger partial charge is 0.236 e. The minimum Gasteiger partial charge on any atom is -0.480 e. The lowest BCUT2D eigenvalue weighted by Crippen LogP contribution is -1.96. The van der Waals surface area contributed by atoms with Crippen LogP contribution < -0.4 is 10.5 Å². The summed E-state index contributed by atoms with van der Waals surface area (Å²) in [5, 5.41) is 5.43. The molecule has 0 fully saturated rings. The van der Waals surface area contributed by atoms with Crippen LogP contribution in [0.2, 0.25) is 0 Å². The lowest BCUT2D eigenvalue weighted by atomic mass is 10.2. The molecule has 0 saturated carbocycles. The quantitative estimate of drug-likeness (QED) is 0.622. The standard InChI is InChI=1S/C15H12N6OS/c1-22-13-11(16)6-10(7-18-13)14-20-21-12(8-19-15(21)23-14)9-2-4-17-5-3-9/h2-8H,16H2,1H3. The molecule has 0 aliphatic rings. The number of fused-ring (bicyclic) bond motifs is 1. The second-order valence-electron chi connectivity index (χ2n) is 4.80. The molecule has 0 radical (unpaired) electrons. The molecule has 0 bridgehead atoms. The van der Waals surface area contributed by atoms with E-state index in [9.17, 15) is 0 Å². The second-order valence-corrected chi connectivity index (χ2v) is 5.76. The molecule has 4 aromatic heterocycles. The molecular formula is C15H12N6OS. The molecule has 0 spiro atoms. The Kier molecular flexibility index (Phi) is 3.16. The van der Waals surface area contributed by atoms with Crippen LogP contribution in [-0.2, 0) is 0 Å². The van der Waals surface area contributed by atoms with E-state index in [-0.39, 0.29) is 0 Å². The Morgan fingerprint density at radius 3 is 2.70 bits per heavy atom. The van der Waals surface area contributed by atoms with E-state index in [0.29, 0.717) is 11.6 Å². The fourth-order valence-electron chi connectivity index (χ4n) is 2.29. The average Bonchev–Trinajstić information content (AvgIpc) is 3.16. The highest BCUT2D eigenvalue weighted by molar-refractivity contribution is 7.19. The molecular weight excluding hydrogens is 312 g/mol. The van der Waals surface area contributed by atoms with Crippen LogP contribution in [-0.4, -0.2) is 31.7 Å². The van der Waals surface area contributed by atoms with Crippen LogP contribution in [0.25, 0.3) is 26.8 Å². The molecule has 2 N–H and O–H groups in total. The van der Waals surface area contributed by atoms with Crippen LogP contribution in [0, 0.1) is 0 Å². The van der Waals surface area contributed by atoms with E-state index < -0.39 is 0 Å². The van der Waals surface area contributed by atoms with E-state index in [1.165, 1.54) is 18.4 Å². The minimum absolute atomic E-state index is 0.410. The third kappa shape index (κ3) is 2.29. The zero-order valence-electron chi connectivity index (χ0n) is 12.2. The van der Waals surface area contributed by atoms with Crippen molar-refractivity contribution in [1.82, 2.24) is 24.6 Å². The van der Waals surface area contributed by atoms with E-state index >= 15 is 0 Å². The van der Waals surface area contributed by atoms with Crippen molar-refractivity contribution >= 4 is 22.0 Å². The molecule has 0 amide bonds. The number of hydrogen-bond acceptors (Lipinski definition) is 7. The monoisotopic (exact) mass is 324 g/mol. The van der Waals surface area contributed by atoms with Gasteiger partial charge in [0.1, 0.15) is 5.01 Å². The van der Waals surface area contributed by atoms with Crippen molar-refractivity contribution in [2.45, 2.75) is 0 Å². The maximum absolute atomic E-state index is 5.92. The van der Waals surface area contributed by atoms with Gasteiger partial charge in [-0.05, 0) is 18.2 Å². The molecule has 0 saturated heterocycles. The number of anilines is 1. The highest BCUT2D eigenvalue weighted by Crippen LogP contribution is 2.31. The molecule has 0 aliphatic carbocycles. The zero-order chi connectivity index (χ0) is 15.8. The number of hydrogen-bond donors (Lipinski definition) is 1. The Balaban J connectivity index is 1.81. The predicted octanol–water partition coefficient (Wildman–Crippen LogP) is 2.51. The minimum atomic E-state index is 0.410. The third-order valence-electron chi connectivity index (χ3n) is 3.38. The number of methoxy groups -OCH3 is 1. The van der Waals surface area contributed by atoms with Gasteiger partial charge in [0.25, 0.3) is 0 Å². The summed E-state index contributed by atoms with van der Waals surface area (Å²) >= 11 is 1.48. The Morgan fingerprint density at radius 2 is 1.96 bits per heavy atom. The Bertz CT molecular complexity index is 978. The summed E-state index contributed by atoms with van der Waals surface area (Å²) in [7, 11) is 1.54. The zero-order valence-corrected chi connectivity index (χ0v) is 13.0. The molecule has 4 aromatic rings. The van der Waals surface area contributed by atoms with E-state index in [2.05, 4.69) is 20.1 Å². The molecule has 8 heteroatoms. The van der Waals surface area contributed by atoms with Gasteiger partial charge >= 0.3 is 0 Å². The molecule has 0 aromatic carbocycles. The van der Waals surface area contributed by atoms with Gasteiger partial charge in [0.2, 0.25) is 10.8 Å². The van der Waals surface area contributed by atoms with Crippen LogP contribution in [0.4, 0.5) is 5.69 Å². The number of aromatic nitrogens is 5. The maximum Gasteiger partial charge on any atom is 0.236 e. The summed E-state index contributed by atoms with van der Waals surface area (Å²) in [6, 6.07) is 5.65. The summed E-state index contributed by atoms with van der Waals surface area (Å²) in [5.74, 6) is 0.410.